The van der Waals surface area contributed by atoms with Gasteiger partial charge in [-0.25, -0.2) is 14.2 Å². The Balaban J connectivity index is 1.51. The topological polar surface area (TPSA) is 88.2 Å². The lowest BCUT2D eigenvalue weighted by Gasteiger charge is -2.13. The van der Waals surface area contributed by atoms with Gasteiger partial charge in [0.05, 0.1) is 30.9 Å². The molecule has 0 unspecified atom stereocenters. The summed E-state index contributed by atoms with van der Waals surface area (Å²) in [5.74, 6) is 0.692. The third-order valence-electron chi connectivity index (χ3n) is 4.37. The molecule has 0 radical (unpaired) electrons. The zero-order valence-corrected chi connectivity index (χ0v) is 16.9. The summed E-state index contributed by atoms with van der Waals surface area (Å²) in [7, 11) is 1.56. The molecule has 0 saturated heterocycles. The minimum Gasteiger partial charge on any atom is -0.495 e. The summed E-state index contributed by atoms with van der Waals surface area (Å²) in [5.41, 5.74) is 3.41. The maximum absolute atomic E-state index is 12.9. The van der Waals surface area contributed by atoms with Gasteiger partial charge >= 0.3 is 6.03 Å². The van der Waals surface area contributed by atoms with Crippen LogP contribution in [0.4, 0.5) is 20.7 Å². The van der Waals surface area contributed by atoms with Crippen LogP contribution in [0.1, 0.15) is 16.8 Å². The number of rotatable bonds is 8. The molecule has 30 heavy (non-hydrogen) atoms. The van der Waals surface area contributed by atoms with E-state index in [9.17, 15) is 9.18 Å². The van der Waals surface area contributed by atoms with Crippen molar-refractivity contribution in [3.05, 3.63) is 77.5 Å². The molecular weight excluding hydrogens is 385 g/mol. The molecular formula is C22H24FN5O2. The predicted octanol–water partition coefficient (Wildman–Crippen LogP) is 3.91. The van der Waals surface area contributed by atoms with Crippen LogP contribution in [0.3, 0.4) is 0 Å². The number of nitrogens with one attached hydrogen (secondary N) is 3. The molecule has 7 nitrogen and oxygen atoms in total. The average Bonchev–Trinajstić information content (AvgIpc) is 2.75. The van der Waals surface area contributed by atoms with Crippen LogP contribution >= 0.6 is 0 Å². The van der Waals surface area contributed by atoms with Crippen molar-refractivity contribution in [2.45, 2.75) is 19.9 Å². The molecule has 0 aliphatic carbocycles. The van der Waals surface area contributed by atoms with E-state index in [1.54, 1.807) is 31.5 Å². The van der Waals surface area contributed by atoms with Crippen molar-refractivity contribution in [3.8, 4) is 5.75 Å². The molecule has 8 heteroatoms. The molecule has 0 aliphatic heterocycles. The third-order valence-corrected chi connectivity index (χ3v) is 4.37. The Morgan fingerprint density at radius 2 is 1.80 bits per heavy atom. The van der Waals surface area contributed by atoms with E-state index in [2.05, 4.69) is 25.9 Å². The summed E-state index contributed by atoms with van der Waals surface area (Å²) >= 11 is 0. The normalized spacial score (nSPS) is 10.5. The summed E-state index contributed by atoms with van der Waals surface area (Å²) in [6, 6.07) is 11.6. The maximum atomic E-state index is 12.9. The monoisotopic (exact) mass is 409 g/mol. The Kier molecular flexibility index (Phi) is 7.29. The summed E-state index contributed by atoms with van der Waals surface area (Å²) in [5, 5.41) is 8.72. The number of halogens is 1. The van der Waals surface area contributed by atoms with Crippen molar-refractivity contribution in [1.29, 1.82) is 0 Å². The highest BCUT2D eigenvalue weighted by Gasteiger charge is 2.09. The molecule has 0 atom stereocenters. The van der Waals surface area contributed by atoms with E-state index in [1.807, 2.05) is 19.1 Å². The van der Waals surface area contributed by atoms with Crippen LogP contribution in [0.25, 0.3) is 0 Å². The van der Waals surface area contributed by atoms with E-state index in [-0.39, 0.29) is 5.82 Å². The van der Waals surface area contributed by atoms with Crippen LogP contribution in [-0.2, 0) is 13.0 Å². The first-order chi connectivity index (χ1) is 14.5. The number of carbonyl (C=O) groups excluding carboxylic acids is 1. The molecule has 1 heterocycles. The first-order valence-corrected chi connectivity index (χ1v) is 9.52. The second-order valence-corrected chi connectivity index (χ2v) is 6.71. The van der Waals surface area contributed by atoms with E-state index in [4.69, 9.17) is 4.74 Å². The molecule has 0 saturated carbocycles. The van der Waals surface area contributed by atoms with E-state index in [0.717, 1.165) is 29.8 Å². The first kappa shape index (κ1) is 21.2. The molecule has 3 rings (SSSR count). The first-order valence-electron chi connectivity index (χ1n) is 9.52. The van der Waals surface area contributed by atoms with Crippen molar-refractivity contribution in [2.75, 3.05) is 24.3 Å². The maximum Gasteiger partial charge on any atom is 0.324 e. The fourth-order valence-corrected chi connectivity index (χ4v) is 2.79. The number of nitrogens with zero attached hydrogens (tertiary/aromatic N) is 2. The van der Waals surface area contributed by atoms with Gasteiger partial charge in [0.2, 0.25) is 0 Å². The second kappa shape index (κ2) is 10.3. The lowest BCUT2D eigenvalue weighted by molar-refractivity contribution is 0.262. The van der Waals surface area contributed by atoms with Gasteiger partial charge in [-0.05, 0) is 55.3 Å². The SMILES string of the molecule is COc1cc(CCNCc2ccc(F)cc2)ccc1NC(=O)Nc1cnc(C)cn1. The van der Waals surface area contributed by atoms with Gasteiger partial charge in [0.25, 0.3) is 0 Å². The van der Waals surface area contributed by atoms with Gasteiger partial charge in [0.15, 0.2) is 5.82 Å². The predicted molar refractivity (Wildman–Crippen MR) is 114 cm³/mol. The van der Waals surface area contributed by atoms with Crippen LogP contribution in [0.5, 0.6) is 5.75 Å². The third kappa shape index (κ3) is 6.25. The number of benzene rings is 2. The van der Waals surface area contributed by atoms with E-state index < -0.39 is 6.03 Å². The number of amides is 2. The molecule has 156 valence electrons. The fourth-order valence-electron chi connectivity index (χ4n) is 2.79. The zero-order valence-electron chi connectivity index (χ0n) is 16.9. The Labute approximate surface area is 174 Å². The second-order valence-electron chi connectivity index (χ2n) is 6.71. The number of aryl methyl sites for hydroxylation is 1. The Morgan fingerprint density at radius 3 is 2.50 bits per heavy atom. The number of urea groups is 1. The minimum absolute atomic E-state index is 0.236. The van der Waals surface area contributed by atoms with E-state index in [0.29, 0.717) is 23.8 Å². The number of ether oxygens (including phenoxy) is 1. The highest BCUT2D eigenvalue weighted by Crippen LogP contribution is 2.26. The van der Waals surface area contributed by atoms with E-state index >= 15 is 0 Å². The molecule has 1 aromatic heterocycles. The van der Waals surface area contributed by atoms with Gasteiger partial charge in [0, 0.05) is 6.54 Å². The highest BCUT2D eigenvalue weighted by atomic mass is 19.1. The van der Waals surface area contributed by atoms with Gasteiger partial charge in [-0.15, -0.1) is 0 Å². The lowest BCUT2D eigenvalue weighted by Crippen LogP contribution is -2.21. The van der Waals surface area contributed by atoms with Crippen LogP contribution in [0.15, 0.2) is 54.9 Å². The largest absolute Gasteiger partial charge is 0.495 e. The number of anilines is 2. The van der Waals surface area contributed by atoms with Crippen LogP contribution in [0, 0.1) is 12.7 Å². The van der Waals surface area contributed by atoms with Gasteiger partial charge in [-0.1, -0.05) is 18.2 Å². The molecule has 3 N–H and O–H groups in total. The zero-order chi connectivity index (χ0) is 21.3. The Bertz CT molecular complexity index is 978. The Morgan fingerprint density at radius 1 is 1.03 bits per heavy atom. The summed E-state index contributed by atoms with van der Waals surface area (Å²) in [6.07, 6.45) is 3.85. The lowest BCUT2D eigenvalue weighted by atomic mass is 10.1. The van der Waals surface area contributed by atoms with Crippen molar-refractivity contribution < 1.29 is 13.9 Å². The molecule has 0 bridgehead atoms. The Hall–Kier alpha value is -3.52. The molecule has 3 aromatic rings. The van der Waals surface area contributed by atoms with Crippen LogP contribution in [-0.4, -0.2) is 29.7 Å². The van der Waals surface area contributed by atoms with E-state index in [1.165, 1.54) is 18.3 Å². The van der Waals surface area contributed by atoms with Gasteiger partial charge in [0.1, 0.15) is 11.6 Å². The number of hydrogen-bond donors (Lipinski definition) is 3. The van der Waals surface area contributed by atoms with Crippen molar-refractivity contribution in [3.63, 3.8) is 0 Å². The van der Waals surface area contributed by atoms with Gasteiger partial charge in [-0.2, -0.15) is 0 Å². The highest BCUT2D eigenvalue weighted by molar-refractivity contribution is 6.00. The molecule has 2 aromatic carbocycles. The molecule has 2 amide bonds. The number of hydrogen-bond acceptors (Lipinski definition) is 5. The van der Waals surface area contributed by atoms with Crippen LogP contribution in [0.2, 0.25) is 0 Å². The number of carbonyl (C=O) groups is 1. The fraction of sp³-hybridized carbons (Fsp3) is 0.227. The summed E-state index contributed by atoms with van der Waals surface area (Å²) in [6.45, 7) is 3.24. The number of aromatic nitrogens is 2. The van der Waals surface area contributed by atoms with Crippen molar-refractivity contribution >= 4 is 17.5 Å². The molecule has 0 aliphatic rings. The summed E-state index contributed by atoms with van der Waals surface area (Å²) < 4.78 is 18.3. The van der Waals surface area contributed by atoms with Gasteiger partial charge in [-0.3, -0.25) is 10.3 Å². The van der Waals surface area contributed by atoms with Crippen LogP contribution < -0.4 is 20.7 Å². The standard InChI is InChI=1S/C22H24FN5O2/c1-15-12-26-21(14-25-15)28-22(29)27-19-8-5-16(11-20(19)30-2)9-10-24-13-17-3-6-18(23)7-4-17/h3-8,11-12,14,24H,9-10,13H2,1-2H3,(H2,26,27,28,29). The van der Waals surface area contributed by atoms with Crippen molar-refractivity contribution in [2.24, 2.45) is 0 Å². The minimum atomic E-state index is -0.430. The average molecular weight is 409 g/mol. The number of methoxy groups -OCH3 is 1. The quantitative estimate of drug-likeness (QED) is 0.491. The molecule has 0 fully saturated rings. The summed E-state index contributed by atoms with van der Waals surface area (Å²) in [4.78, 5) is 20.4. The van der Waals surface area contributed by atoms with Crippen molar-refractivity contribution in [1.82, 2.24) is 15.3 Å². The molecule has 0 spiro atoms. The smallest absolute Gasteiger partial charge is 0.324 e. The van der Waals surface area contributed by atoms with Gasteiger partial charge < -0.3 is 15.4 Å².